The van der Waals surface area contributed by atoms with Gasteiger partial charge in [0.2, 0.25) is 10.0 Å². The Hall–Kier alpha value is -1.55. The van der Waals surface area contributed by atoms with E-state index in [1.54, 1.807) is 12.1 Å². The lowest BCUT2D eigenvalue weighted by Crippen LogP contribution is -2.22. The van der Waals surface area contributed by atoms with Gasteiger partial charge in [-0.3, -0.25) is 0 Å². The first-order valence-electron chi connectivity index (χ1n) is 5.23. The summed E-state index contributed by atoms with van der Waals surface area (Å²) in [5, 5.41) is 0. The lowest BCUT2D eigenvalue weighted by atomic mass is 10.2. The first kappa shape index (κ1) is 14.5. The molecule has 0 spiro atoms. The van der Waals surface area contributed by atoms with Gasteiger partial charge >= 0.3 is 0 Å². The van der Waals surface area contributed by atoms with E-state index in [2.05, 4.69) is 11.8 Å². The third kappa shape index (κ3) is 3.01. The molecule has 1 aromatic rings. The molecular formula is C12H16N2O3S. The molecule has 0 aliphatic heterocycles. The smallest absolute Gasteiger partial charge is 0.246 e. The number of methoxy groups -OCH3 is 1. The molecule has 0 amide bonds. The molecule has 2 N–H and O–H groups in total. The van der Waals surface area contributed by atoms with Gasteiger partial charge in [0.05, 0.1) is 13.7 Å². The highest BCUT2D eigenvalue weighted by atomic mass is 32.2. The molecule has 0 fully saturated rings. The van der Waals surface area contributed by atoms with E-state index < -0.39 is 10.0 Å². The third-order valence-electron chi connectivity index (χ3n) is 2.26. The van der Waals surface area contributed by atoms with E-state index in [-0.39, 0.29) is 11.4 Å². The van der Waals surface area contributed by atoms with Crippen LogP contribution in [0.25, 0.3) is 0 Å². The van der Waals surface area contributed by atoms with Crippen LogP contribution in [0.5, 0.6) is 5.75 Å². The fraction of sp³-hybridized carbons (Fsp3) is 0.333. The van der Waals surface area contributed by atoms with Crippen LogP contribution in [0.1, 0.15) is 5.56 Å². The van der Waals surface area contributed by atoms with Gasteiger partial charge in [0.15, 0.2) is 0 Å². The standard InChI is InChI=1S/C12H16N2O3S/c1-14(2)18(15,16)12-9-10(5-4-8-13)6-7-11(12)17-3/h6-7,9H,8,13H2,1-3H3. The monoisotopic (exact) mass is 268 g/mol. The van der Waals surface area contributed by atoms with E-state index in [9.17, 15) is 8.42 Å². The summed E-state index contributed by atoms with van der Waals surface area (Å²) in [7, 11) is 0.799. The van der Waals surface area contributed by atoms with Crippen LogP contribution in [-0.4, -0.2) is 40.5 Å². The minimum atomic E-state index is -3.56. The molecule has 0 aliphatic rings. The van der Waals surface area contributed by atoms with E-state index in [4.69, 9.17) is 10.5 Å². The number of hydrogen-bond acceptors (Lipinski definition) is 4. The van der Waals surface area contributed by atoms with E-state index >= 15 is 0 Å². The number of rotatable bonds is 3. The maximum atomic E-state index is 12.1. The van der Waals surface area contributed by atoms with Crippen LogP contribution >= 0.6 is 0 Å². The van der Waals surface area contributed by atoms with Crippen LogP contribution in [0.4, 0.5) is 0 Å². The summed E-state index contributed by atoms with van der Waals surface area (Å²) >= 11 is 0. The van der Waals surface area contributed by atoms with E-state index in [1.807, 2.05) is 0 Å². The average Bonchev–Trinajstić information content (AvgIpc) is 2.35. The molecule has 18 heavy (non-hydrogen) atoms. The van der Waals surface area contributed by atoms with Crippen molar-refractivity contribution in [1.29, 1.82) is 0 Å². The van der Waals surface area contributed by atoms with Crippen molar-refractivity contribution >= 4 is 10.0 Å². The Morgan fingerprint density at radius 3 is 2.56 bits per heavy atom. The second-order valence-electron chi connectivity index (χ2n) is 3.66. The van der Waals surface area contributed by atoms with Crippen LogP contribution in [0.2, 0.25) is 0 Å². The highest BCUT2D eigenvalue weighted by molar-refractivity contribution is 7.89. The third-order valence-corrected chi connectivity index (χ3v) is 4.09. The van der Waals surface area contributed by atoms with Crippen molar-refractivity contribution in [3.05, 3.63) is 23.8 Å². The van der Waals surface area contributed by atoms with E-state index in [0.717, 1.165) is 4.31 Å². The Balaban J connectivity index is 3.40. The van der Waals surface area contributed by atoms with Crippen molar-refractivity contribution in [3.63, 3.8) is 0 Å². The number of hydrogen-bond donors (Lipinski definition) is 1. The van der Waals surface area contributed by atoms with Gasteiger partial charge in [0, 0.05) is 19.7 Å². The molecule has 0 saturated carbocycles. The molecule has 0 unspecified atom stereocenters. The van der Waals surface area contributed by atoms with Gasteiger partial charge in [-0.15, -0.1) is 0 Å². The lowest BCUT2D eigenvalue weighted by Gasteiger charge is -2.14. The average molecular weight is 268 g/mol. The van der Waals surface area contributed by atoms with Crippen molar-refractivity contribution in [3.8, 4) is 17.6 Å². The predicted molar refractivity (Wildman–Crippen MR) is 69.8 cm³/mol. The summed E-state index contributed by atoms with van der Waals surface area (Å²) in [4.78, 5) is 0.0961. The first-order chi connectivity index (χ1) is 8.43. The number of sulfonamides is 1. The first-order valence-corrected chi connectivity index (χ1v) is 6.67. The van der Waals surface area contributed by atoms with E-state index in [1.165, 1.54) is 27.3 Å². The van der Waals surface area contributed by atoms with E-state index in [0.29, 0.717) is 11.3 Å². The fourth-order valence-electron chi connectivity index (χ4n) is 1.31. The summed E-state index contributed by atoms with van der Waals surface area (Å²) in [6.45, 7) is 0.224. The largest absolute Gasteiger partial charge is 0.495 e. The summed E-state index contributed by atoms with van der Waals surface area (Å²) in [5.41, 5.74) is 5.86. The SMILES string of the molecule is COc1ccc(C#CCN)cc1S(=O)(=O)N(C)C. The van der Waals surface area contributed by atoms with Crippen molar-refractivity contribution < 1.29 is 13.2 Å². The van der Waals surface area contributed by atoms with Crippen LogP contribution in [0, 0.1) is 11.8 Å². The van der Waals surface area contributed by atoms with Gasteiger partial charge in [0.25, 0.3) is 0 Å². The zero-order valence-electron chi connectivity index (χ0n) is 10.6. The zero-order chi connectivity index (χ0) is 13.8. The highest BCUT2D eigenvalue weighted by Gasteiger charge is 2.22. The van der Waals surface area contributed by atoms with Gasteiger partial charge in [-0.25, -0.2) is 12.7 Å². The number of nitrogens with two attached hydrogens (primary N) is 1. The number of benzene rings is 1. The molecule has 0 bridgehead atoms. The van der Waals surface area contributed by atoms with Gasteiger partial charge in [0.1, 0.15) is 10.6 Å². The molecule has 1 aromatic carbocycles. The minimum absolute atomic E-state index is 0.0961. The number of ether oxygens (including phenoxy) is 1. The summed E-state index contributed by atoms with van der Waals surface area (Å²) in [6, 6.07) is 4.75. The summed E-state index contributed by atoms with van der Waals surface area (Å²) < 4.78 is 30.4. The van der Waals surface area contributed by atoms with Crippen molar-refractivity contribution in [1.82, 2.24) is 4.31 Å². The Morgan fingerprint density at radius 2 is 2.06 bits per heavy atom. The maximum Gasteiger partial charge on any atom is 0.246 e. The minimum Gasteiger partial charge on any atom is -0.495 e. The summed E-state index contributed by atoms with van der Waals surface area (Å²) in [6.07, 6.45) is 0. The van der Waals surface area contributed by atoms with Crippen LogP contribution in [0.15, 0.2) is 23.1 Å². The Bertz CT molecular complexity index is 583. The van der Waals surface area contributed by atoms with Crippen LogP contribution in [0.3, 0.4) is 0 Å². The predicted octanol–water partition coefficient (Wildman–Crippen LogP) is 0.256. The Morgan fingerprint density at radius 1 is 1.39 bits per heavy atom. The van der Waals surface area contributed by atoms with Crippen molar-refractivity contribution in [2.45, 2.75) is 4.90 Å². The zero-order valence-corrected chi connectivity index (χ0v) is 11.4. The van der Waals surface area contributed by atoms with Gasteiger partial charge in [-0.1, -0.05) is 11.8 Å². The van der Waals surface area contributed by atoms with Crippen molar-refractivity contribution in [2.24, 2.45) is 5.73 Å². The molecular weight excluding hydrogens is 252 g/mol. The molecule has 0 saturated heterocycles. The second kappa shape index (κ2) is 5.87. The molecule has 0 radical (unpaired) electrons. The second-order valence-corrected chi connectivity index (χ2v) is 5.78. The molecule has 0 aromatic heterocycles. The highest BCUT2D eigenvalue weighted by Crippen LogP contribution is 2.26. The molecule has 0 heterocycles. The van der Waals surface area contributed by atoms with Gasteiger partial charge < -0.3 is 10.5 Å². The molecule has 0 atom stereocenters. The molecule has 98 valence electrons. The molecule has 6 heteroatoms. The maximum absolute atomic E-state index is 12.1. The summed E-state index contributed by atoms with van der Waals surface area (Å²) in [5.74, 6) is 5.77. The Labute approximate surface area is 108 Å². The van der Waals surface area contributed by atoms with Crippen LogP contribution in [-0.2, 0) is 10.0 Å². The number of nitrogens with zero attached hydrogens (tertiary/aromatic N) is 1. The quantitative estimate of drug-likeness (QED) is 0.798. The topological polar surface area (TPSA) is 72.6 Å². The molecule has 1 rings (SSSR count). The van der Waals surface area contributed by atoms with Crippen LogP contribution < -0.4 is 10.5 Å². The van der Waals surface area contributed by atoms with Gasteiger partial charge in [-0.2, -0.15) is 0 Å². The van der Waals surface area contributed by atoms with Crippen molar-refractivity contribution in [2.75, 3.05) is 27.7 Å². The van der Waals surface area contributed by atoms with Gasteiger partial charge in [-0.05, 0) is 18.2 Å². The Kier molecular flexibility index (Phi) is 4.73. The lowest BCUT2D eigenvalue weighted by molar-refractivity contribution is 0.400. The fourth-order valence-corrected chi connectivity index (χ4v) is 2.38. The normalized spacial score (nSPS) is 10.9. The molecule has 0 aliphatic carbocycles. The molecule has 5 nitrogen and oxygen atoms in total.